The first-order chi connectivity index (χ1) is 13.5. The van der Waals surface area contributed by atoms with Crippen LogP contribution in [0.3, 0.4) is 0 Å². The number of amides is 1. The second kappa shape index (κ2) is 8.15. The van der Waals surface area contributed by atoms with Crippen molar-refractivity contribution in [2.45, 2.75) is 17.7 Å². The molecule has 0 bridgehead atoms. The maximum atomic E-state index is 12.9. The number of nitrogens with zero attached hydrogens (tertiary/aromatic N) is 2. The average molecular weight is 458 g/mol. The fraction of sp³-hybridized carbons (Fsp3) is 0.389. The summed E-state index contributed by atoms with van der Waals surface area (Å²) in [6.07, 6.45) is 2.21. The van der Waals surface area contributed by atoms with Gasteiger partial charge in [-0.25, -0.2) is 25.9 Å². The van der Waals surface area contributed by atoms with Gasteiger partial charge in [-0.3, -0.25) is 4.79 Å². The molecule has 8 nitrogen and oxygen atoms in total. The van der Waals surface area contributed by atoms with Crippen LogP contribution in [-0.2, 0) is 32.9 Å². The zero-order chi connectivity index (χ0) is 21.4. The highest BCUT2D eigenvalue weighted by Gasteiger charge is 2.28. The fourth-order valence-corrected chi connectivity index (χ4v) is 5.46. The molecule has 0 saturated carbocycles. The third-order valence-electron chi connectivity index (χ3n) is 4.58. The summed E-state index contributed by atoms with van der Waals surface area (Å²) >= 11 is 1.34. The summed E-state index contributed by atoms with van der Waals surface area (Å²) in [6, 6.07) is 8.41. The molecule has 1 N–H and O–H groups in total. The highest BCUT2D eigenvalue weighted by molar-refractivity contribution is 7.89. The molecule has 0 spiro atoms. The summed E-state index contributed by atoms with van der Waals surface area (Å²) in [5.74, 6) is -0.140. The minimum absolute atomic E-state index is 0.140. The molecule has 2 aromatic rings. The Bertz CT molecular complexity index is 1140. The van der Waals surface area contributed by atoms with Gasteiger partial charge in [0, 0.05) is 37.7 Å². The van der Waals surface area contributed by atoms with Crippen LogP contribution in [0.5, 0.6) is 0 Å². The standard InChI is InChI=1S/C18H23N3O5S3/c1-20(2)29(25,26)15-5-6-16-13(12-15)9-11-21(16)18(22)17-7-4-14(27-17)8-10-19-28(3,23)24/h4-7,12,19H,8-11H2,1-3H3. The maximum Gasteiger partial charge on any atom is 0.268 e. The van der Waals surface area contributed by atoms with Gasteiger partial charge in [-0.05, 0) is 48.7 Å². The Morgan fingerprint density at radius 2 is 1.90 bits per heavy atom. The molecule has 2 heterocycles. The van der Waals surface area contributed by atoms with Gasteiger partial charge < -0.3 is 4.90 Å². The van der Waals surface area contributed by atoms with Crippen LogP contribution in [0.25, 0.3) is 0 Å². The van der Waals surface area contributed by atoms with E-state index in [-0.39, 0.29) is 17.3 Å². The predicted molar refractivity (Wildman–Crippen MR) is 114 cm³/mol. The van der Waals surface area contributed by atoms with E-state index in [1.54, 1.807) is 23.1 Å². The van der Waals surface area contributed by atoms with Crippen molar-refractivity contribution >= 4 is 43.0 Å². The summed E-state index contributed by atoms with van der Waals surface area (Å²) in [7, 11) is -3.79. The lowest BCUT2D eigenvalue weighted by atomic mass is 10.2. The Labute approximate surface area is 175 Å². The number of carbonyl (C=O) groups is 1. The zero-order valence-electron chi connectivity index (χ0n) is 16.4. The van der Waals surface area contributed by atoms with Gasteiger partial charge in [0.15, 0.2) is 0 Å². The van der Waals surface area contributed by atoms with E-state index >= 15 is 0 Å². The van der Waals surface area contributed by atoms with E-state index in [2.05, 4.69) is 4.72 Å². The lowest BCUT2D eigenvalue weighted by Gasteiger charge is -2.17. The van der Waals surface area contributed by atoms with Gasteiger partial charge in [0.2, 0.25) is 20.0 Å². The molecule has 0 fully saturated rings. The lowest BCUT2D eigenvalue weighted by Crippen LogP contribution is -2.28. The zero-order valence-corrected chi connectivity index (χ0v) is 18.8. The van der Waals surface area contributed by atoms with Crippen LogP contribution in [0, 0.1) is 0 Å². The first-order valence-corrected chi connectivity index (χ1v) is 13.0. The Hall–Kier alpha value is -1.79. The molecule has 1 aromatic carbocycles. The van der Waals surface area contributed by atoms with Gasteiger partial charge in [0.05, 0.1) is 16.0 Å². The van der Waals surface area contributed by atoms with Crippen LogP contribution < -0.4 is 9.62 Å². The Morgan fingerprint density at radius 3 is 2.55 bits per heavy atom. The molecule has 0 aliphatic carbocycles. The maximum absolute atomic E-state index is 12.9. The molecule has 1 amide bonds. The van der Waals surface area contributed by atoms with Crippen LogP contribution in [0.2, 0.25) is 0 Å². The molecule has 29 heavy (non-hydrogen) atoms. The van der Waals surface area contributed by atoms with Gasteiger partial charge in [-0.2, -0.15) is 0 Å². The topological polar surface area (TPSA) is 104 Å². The quantitative estimate of drug-likeness (QED) is 0.675. The number of nitrogens with one attached hydrogen (secondary N) is 1. The summed E-state index contributed by atoms with van der Waals surface area (Å²) in [6.45, 7) is 0.769. The van der Waals surface area contributed by atoms with Crippen molar-refractivity contribution in [2.24, 2.45) is 0 Å². The molecule has 1 aliphatic heterocycles. The number of thiophene rings is 1. The van der Waals surface area contributed by atoms with Crippen molar-refractivity contribution < 1.29 is 21.6 Å². The normalized spacial score (nSPS) is 14.4. The SMILES string of the molecule is CN(C)S(=O)(=O)c1ccc2c(c1)CCN2C(=O)c1ccc(CCNS(C)(=O)=O)s1. The number of rotatable bonds is 7. The summed E-state index contributed by atoms with van der Waals surface area (Å²) in [5, 5.41) is 0. The number of hydrogen-bond acceptors (Lipinski definition) is 6. The van der Waals surface area contributed by atoms with E-state index in [0.29, 0.717) is 24.3 Å². The minimum Gasteiger partial charge on any atom is -0.307 e. The van der Waals surface area contributed by atoms with E-state index in [0.717, 1.165) is 22.4 Å². The summed E-state index contributed by atoms with van der Waals surface area (Å²) in [4.78, 5) is 16.3. The Kier molecular flexibility index (Phi) is 6.16. The summed E-state index contributed by atoms with van der Waals surface area (Å²) in [5.41, 5.74) is 1.55. The third-order valence-corrected chi connectivity index (χ3v) is 8.25. The van der Waals surface area contributed by atoms with Crippen molar-refractivity contribution in [1.82, 2.24) is 9.03 Å². The van der Waals surface area contributed by atoms with E-state index in [1.807, 2.05) is 6.07 Å². The van der Waals surface area contributed by atoms with E-state index in [1.165, 1.54) is 35.8 Å². The number of fused-ring (bicyclic) bond motifs is 1. The molecule has 0 unspecified atom stereocenters. The average Bonchev–Trinajstić information content (AvgIpc) is 3.26. The first-order valence-electron chi connectivity index (χ1n) is 8.90. The highest BCUT2D eigenvalue weighted by Crippen LogP contribution is 2.33. The summed E-state index contributed by atoms with van der Waals surface area (Å²) < 4.78 is 50.5. The van der Waals surface area contributed by atoms with Crippen molar-refractivity contribution in [3.63, 3.8) is 0 Å². The lowest BCUT2D eigenvalue weighted by molar-refractivity contribution is 0.0993. The molecule has 1 aliphatic rings. The number of anilines is 1. The van der Waals surface area contributed by atoms with Gasteiger partial charge in [0.25, 0.3) is 5.91 Å². The molecule has 0 radical (unpaired) electrons. The molecule has 158 valence electrons. The van der Waals surface area contributed by atoms with E-state index in [4.69, 9.17) is 0 Å². The monoisotopic (exact) mass is 457 g/mol. The van der Waals surface area contributed by atoms with Gasteiger partial charge >= 0.3 is 0 Å². The van der Waals surface area contributed by atoms with Crippen molar-refractivity contribution in [3.8, 4) is 0 Å². The predicted octanol–water partition coefficient (Wildman–Crippen LogP) is 1.29. The molecule has 0 atom stereocenters. The van der Waals surface area contributed by atoms with Crippen LogP contribution in [-0.4, -0.2) is 60.5 Å². The molecular formula is C18H23N3O5S3. The van der Waals surface area contributed by atoms with Crippen LogP contribution in [0.15, 0.2) is 35.2 Å². The molecule has 11 heteroatoms. The smallest absolute Gasteiger partial charge is 0.268 e. The highest BCUT2D eigenvalue weighted by atomic mass is 32.2. The number of hydrogen-bond donors (Lipinski definition) is 1. The van der Waals surface area contributed by atoms with Crippen LogP contribution in [0.4, 0.5) is 5.69 Å². The first kappa shape index (κ1) is 21.9. The van der Waals surface area contributed by atoms with Crippen molar-refractivity contribution in [3.05, 3.63) is 45.6 Å². The second-order valence-electron chi connectivity index (χ2n) is 6.97. The molecule has 1 aromatic heterocycles. The molecule has 0 saturated heterocycles. The van der Waals surface area contributed by atoms with Crippen LogP contribution >= 0.6 is 11.3 Å². The van der Waals surface area contributed by atoms with Crippen molar-refractivity contribution in [2.75, 3.05) is 38.3 Å². The molecular weight excluding hydrogens is 434 g/mol. The van der Waals surface area contributed by atoms with E-state index in [9.17, 15) is 21.6 Å². The Balaban J connectivity index is 1.75. The van der Waals surface area contributed by atoms with Crippen LogP contribution in [0.1, 0.15) is 20.1 Å². The Morgan fingerprint density at radius 1 is 1.17 bits per heavy atom. The van der Waals surface area contributed by atoms with Gasteiger partial charge in [-0.1, -0.05) is 0 Å². The third kappa shape index (κ3) is 4.86. The number of benzene rings is 1. The second-order valence-corrected chi connectivity index (χ2v) is 12.1. The van der Waals surface area contributed by atoms with Gasteiger partial charge in [0.1, 0.15) is 0 Å². The van der Waals surface area contributed by atoms with E-state index < -0.39 is 20.0 Å². The number of carbonyl (C=O) groups excluding carboxylic acids is 1. The van der Waals surface area contributed by atoms with Gasteiger partial charge in [-0.15, -0.1) is 11.3 Å². The molecule has 3 rings (SSSR count). The number of sulfonamides is 2. The van der Waals surface area contributed by atoms with Crippen molar-refractivity contribution in [1.29, 1.82) is 0 Å². The fourth-order valence-electron chi connectivity index (χ4n) is 3.08. The minimum atomic E-state index is -3.52. The largest absolute Gasteiger partial charge is 0.307 e.